The first kappa shape index (κ1) is 15.0. The van der Waals surface area contributed by atoms with Crippen molar-refractivity contribution in [2.45, 2.75) is 13.0 Å². The van der Waals surface area contributed by atoms with Crippen molar-refractivity contribution in [3.05, 3.63) is 28.6 Å². The molecule has 2 aromatic rings. The number of β-amino-alcohol motifs (C(OH)–C–C–N with tert-alkyl or cyclic N) is 1. The van der Waals surface area contributed by atoms with Crippen molar-refractivity contribution in [1.29, 1.82) is 0 Å². The summed E-state index contributed by atoms with van der Waals surface area (Å²) in [5, 5.41) is 21.6. The van der Waals surface area contributed by atoms with E-state index in [0.29, 0.717) is 11.4 Å². The molecule has 1 atom stereocenters. The van der Waals surface area contributed by atoms with Crippen LogP contribution in [0.1, 0.15) is 5.01 Å². The summed E-state index contributed by atoms with van der Waals surface area (Å²) >= 11 is 1.56. The van der Waals surface area contributed by atoms with E-state index >= 15 is 0 Å². The summed E-state index contributed by atoms with van der Waals surface area (Å²) in [7, 11) is 0. The van der Waals surface area contributed by atoms with E-state index in [-0.39, 0.29) is 19.1 Å². The lowest BCUT2D eigenvalue weighted by molar-refractivity contribution is -0.121. The van der Waals surface area contributed by atoms with Gasteiger partial charge in [-0.2, -0.15) is 0 Å². The zero-order valence-corrected chi connectivity index (χ0v) is 12.8. The fraction of sp³-hybridized carbons (Fsp3) is 0.333. The summed E-state index contributed by atoms with van der Waals surface area (Å²) in [5.74, 6) is 0.340. The Morgan fingerprint density at radius 2 is 2.32 bits per heavy atom. The minimum atomic E-state index is -0.986. The third kappa shape index (κ3) is 2.83. The number of carbonyl (C=O) groups is 1. The molecule has 2 N–H and O–H groups in total. The van der Waals surface area contributed by atoms with Gasteiger partial charge in [0.15, 0.2) is 6.61 Å². The minimum absolute atomic E-state index is 0.0330. The summed E-state index contributed by atoms with van der Waals surface area (Å²) < 4.78 is 5.42. The van der Waals surface area contributed by atoms with Crippen molar-refractivity contribution < 1.29 is 19.7 Å². The number of thiazole rings is 1. The molecular formula is C15H16N2O4S. The van der Waals surface area contributed by atoms with Crippen LogP contribution in [0.25, 0.3) is 11.3 Å². The van der Waals surface area contributed by atoms with Crippen LogP contribution in [0.15, 0.2) is 23.6 Å². The zero-order chi connectivity index (χ0) is 15.7. The first-order chi connectivity index (χ1) is 10.6. The molecule has 1 aliphatic rings. The van der Waals surface area contributed by atoms with Crippen molar-refractivity contribution in [3.63, 3.8) is 0 Å². The molecule has 7 heteroatoms. The molecule has 1 aromatic carbocycles. The number of ether oxygens (including phenoxy) is 1. The van der Waals surface area contributed by atoms with Crippen LogP contribution < -0.4 is 9.64 Å². The third-order valence-electron chi connectivity index (χ3n) is 3.42. The predicted octanol–water partition coefficient (Wildman–Crippen LogP) is 1.20. The maximum Gasteiger partial charge on any atom is 0.265 e. The van der Waals surface area contributed by atoms with Crippen molar-refractivity contribution in [1.82, 2.24) is 4.98 Å². The average molecular weight is 320 g/mol. The summed E-state index contributed by atoms with van der Waals surface area (Å²) in [4.78, 5) is 17.9. The van der Waals surface area contributed by atoms with Gasteiger partial charge >= 0.3 is 0 Å². The highest BCUT2D eigenvalue weighted by Crippen LogP contribution is 2.36. The van der Waals surface area contributed by atoms with Gasteiger partial charge in [-0.25, -0.2) is 4.98 Å². The molecule has 0 spiro atoms. The minimum Gasteiger partial charge on any atom is -0.482 e. The van der Waals surface area contributed by atoms with Crippen LogP contribution in [-0.2, 0) is 4.79 Å². The number of aryl methyl sites for hydroxylation is 1. The number of amides is 1. The molecule has 6 nitrogen and oxygen atoms in total. The van der Waals surface area contributed by atoms with E-state index in [1.54, 1.807) is 17.4 Å². The van der Waals surface area contributed by atoms with E-state index < -0.39 is 12.7 Å². The highest BCUT2D eigenvalue weighted by molar-refractivity contribution is 7.09. The van der Waals surface area contributed by atoms with Crippen LogP contribution in [0.3, 0.4) is 0 Å². The van der Waals surface area contributed by atoms with E-state index in [1.807, 2.05) is 24.4 Å². The topological polar surface area (TPSA) is 82.9 Å². The molecule has 1 unspecified atom stereocenters. The van der Waals surface area contributed by atoms with Gasteiger partial charge in [-0.3, -0.25) is 4.79 Å². The zero-order valence-electron chi connectivity index (χ0n) is 12.0. The number of rotatable bonds is 4. The van der Waals surface area contributed by atoms with Gasteiger partial charge in [-0.05, 0) is 25.1 Å². The maximum atomic E-state index is 12.1. The lowest BCUT2D eigenvalue weighted by atomic mass is 10.1. The first-order valence-electron chi connectivity index (χ1n) is 6.87. The number of benzene rings is 1. The molecule has 0 bridgehead atoms. The number of aromatic nitrogens is 1. The van der Waals surface area contributed by atoms with E-state index in [0.717, 1.165) is 16.3 Å². The number of nitrogens with zero attached hydrogens (tertiary/aromatic N) is 2. The molecule has 3 rings (SSSR count). The summed E-state index contributed by atoms with van der Waals surface area (Å²) in [6, 6.07) is 5.51. The van der Waals surface area contributed by atoms with Gasteiger partial charge in [0.25, 0.3) is 5.91 Å². The van der Waals surface area contributed by atoms with E-state index in [9.17, 15) is 9.90 Å². The van der Waals surface area contributed by atoms with E-state index in [1.165, 1.54) is 4.90 Å². The monoisotopic (exact) mass is 320 g/mol. The van der Waals surface area contributed by atoms with Crippen molar-refractivity contribution >= 4 is 22.9 Å². The fourth-order valence-corrected chi connectivity index (χ4v) is 2.95. The van der Waals surface area contributed by atoms with E-state index in [2.05, 4.69) is 4.98 Å². The first-order valence-corrected chi connectivity index (χ1v) is 7.75. The molecule has 0 radical (unpaired) electrons. The second-order valence-electron chi connectivity index (χ2n) is 5.06. The number of hydrogen-bond donors (Lipinski definition) is 2. The van der Waals surface area contributed by atoms with Crippen LogP contribution in [0.5, 0.6) is 5.75 Å². The Morgan fingerprint density at radius 1 is 1.50 bits per heavy atom. The van der Waals surface area contributed by atoms with E-state index in [4.69, 9.17) is 9.84 Å². The van der Waals surface area contributed by atoms with Crippen molar-refractivity contribution in [2.24, 2.45) is 0 Å². The Labute approximate surface area is 131 Å². The quantitative estimate of drug-likeness (QED) is 0.884. The molecule has 22 heavy (non-hydrogen) atoms. The fourth-order valence-electron chi connectivity index (χ4n) is 2.33. The molecule has 1 aromatic heterocycles. The van der Waals surface area contributed by atoms with Crippen LogP contribution in [0.2, 0.25) is 0 Å². The van der Waals surface area contributed by atoms with Gasteiger partial charge in [-0.15, -0.1) is 11.3 Å². The molecule has 0 saturated heterocycles. The molecule has 1 amide bonds. The van der Waals surface area contributed by atoms with Gasteiger partial charge in [0.1, 0.15) is 5.75 Å². The summed E-state index contributed by atoms with van der Waals surface area (Å²) in [5.41, 5.74) is 2.31. The summed E-state index contributed by atoms with van der Waals surface area (Å²) in [6.07, 6.45) is -0.986. The third-order valence-corrected chi connectivity index (χ3v) is 4.19. The van der Waals surface area contributed by atoms with Gasteiger partial charge in [-0.1, -0.05) is 0 Å². The molecule has 116 valence electrons. The standard InChI is InChI=1S/C15H16N2O4S/c1-9-16-12(8-22-9)10-2-3-14-13(4-10)17(5-11(19)6-18)15(20)7-21-14/h2-4,8,11,18-19H,5-7H2,1H3. The van der Waals surface area contributed by atoms with Gasteiger partial charge < -0.3 is 19.8 Å². The number of anilines is 1. The summed E-state index contributed by atoms with van der Waals surface area (Å²) in [6.45, 7) is 1.50. The number of carbonyl (C=O) groups excluding carboxylic acids is 1. The number of aliphatic hydroxyl groups is 2. The largest absolute Gasteiger partial charge is 0.482 e. The highest BCUT2D eigenvalue weighted by Gasteiger charge is 2.27. The Kier molecular flexibility index (Phi) is 4.10. The second-order valence-corrected chi connectivity index (χ2v) is 6.13. The normalized spacial score (nSPS) is 15.4. The molecule has 0 fully saturated rings. The van der Waals surface area contributed by atoms with Crippen LogP contribution in [0.4, 0.5) is 5.69 Å². The molecule has 2 heterocycles. The molecular weight excluding hydrogens is 304 g/mol. The van der Waals surface area contributed by atoms with Crippen LogP contribution >= 0.6 is 11.3 Å². The SMILES string of the molecule is Cc1nc(-c2ccc3c(c2)N(CC(O)CO)C(=O)CO3)cs1. The van der Waals surface area contributed by atoms with Gasteiger partial charge in [0.2, 0.25) is 0 Å². The number of aliphatic hydroxyl groups excluding tert-OH is 2. The maximum absolute atomic E-state index is 12.1. The molecule has 1 aliphatic heterocycles. The Hall–Kier alpha value is -1.96. The van der Waals surface area contributed by atoms with Crippen LogP contribution in [0, 0.1) is 6.92 Å². The molecule has 0 saturated carbocycles. The van der Waals surface area contributed by atoms with Gasteiger partial charge in [0, 0.05) is 10.9 Å². The lowest BCUT2D eigenvalue weighted by Crippen LogP contribution is -2.44. The lowest BCUT2D eigenvalue weighted by Gasteiger charge is -2.30. The second kappa shape index (κ2) is 6.04. The highest BCUT2D eigenvalue weighted by atomic mass is 32.1. The average Bonchev–Trinajstić information content (AvgIpc) is 2.96. The predicted molar refractivity (Wildman–Crippen MR) is 83.2 cm³/mol. The van der Waals surface area contributed by atoms with Crippen LogP contribution in [-0.4, -0.2) is 47.0 Å². The van der Waals surface area contributed by atoms with Crippen molar-refractivity contribution in [3.8, 4) is 17.0 Å². The number of fused-ring (bicyclic) bond motifs is 1. The van der Waals surface area contributed by atoms with Crippen molar-refractivity contribution in [2.75, 3.05) is 24.7 Å². The number of hydrogen-bond acceptors (Lipinski definition) is 6. The Balaban J connectivity index is 1.99. The Morgan fingerprint density at radius 3 is 3.00 bits per heavy atom. The van der Waals surface area contributed by atoms with Gasteiger partial charge in [0.05, 0.1) is 35.6 Å². The smallest absolute Gasteiger partial charge is 0.265 e. The Bertz CT molecular complexity index is 701. The molecule has 0 aliphatic carbocycles.